The molecular formula is C19H25Cl2N5O. The Bertz CT molecular complexity index is 835. The van der Waals surface area contributed by atoms with Crippen molar-refractivity contribution in [2.24, 2.45) is 5.41 Å². The third-order valence-corrected chi connectivity index (χ3v) is 6.01. The van der Waals surface area contributed by atoms with Crippen LogP contribution in [0, 0.1) is 19.3 Å². The zero-order valence-electron chi connectivity index (χ0n) is 15.7. The molecule has 0 radical (unpaired) electrons. The maximum absolute atomic E-state index is 13.0. The summed E-state index contributed by atoms with van der Waals surface area (Å²) in [6.45, 7) is 7.60. The lowest BCUT2D eigenvalue weighted by atomic mass is 9.78. The van der Waals surface area contributed by atoms with Gasteiger partial charge in [-0.3, -0.25) is 4.79 Å². The molecule has 4 rings (SSSR count). The van der Waals surface area contributed by atoms with Crippen molar-refractivity contribution in [2.75, 3.05) is 26.2 Å². The van der Waals surface area contributed by atoms with E-state index in [0.29, 0.717) is 21.9 Å². The Hall–Kier alpha value is -1.63. The number of carbonyl (C=O) groups is 1. The van der Waals surface area contributed by atoms with Gasteiger partial charge in [0.1, 0.15) is 5.69 Å². The smallest absolute Gasteiger partial charge is 0.274 e. The quantitative estimate of drug-likeness (QED) is 0.826. The highest BCUT2D eigenvalue weighted by molar-refractivity contribution is 6.33. The normalized spacial score (nSPS) is 18.6. The average molecular weight is 410 g/mol. The molecule has 1 N–H and O–H groups in total. The lowest BCUT2D eigenvalue weighted by molar-refractivity contribution is 0.0602. The zero-order chi connectivity index (χ0) is 18.3. The predicted molar refractivity (Wildman–Crippen MR) is 108 cm³/mol. The first kappa shape index (κ1) is 20.1. The van der Waals surface area contributed by atoms with Crippen molar-refractivity contribution >= 4 is 29.9 Å². The minimum atomic E-state index is -0.0841. The van der Waals surface area contributed by atoms with E-state index < -0.39 is 0 Å². The first-order valence-corrected chi connectivity index (χ1v) is 9.55. The van der Waals surface area contributed by atoms with Crippen LogP contribution in [-0.2, 0) is 0 Å². The fraction of sp³-hybridized carbons (Fsp3) is 0.526. The number of halogens is 2. The highest BCUT2D eigenvalue weighted by Crippen LogP contribution is 2.37. The van der Waals surface area contributed by atoms with Gasteiger partial charge in [-0.25, -0.2) is 9.67 Å². The van der Waals surface area contributed by atoms with Gasteiger partial charge in [-0.15, -0.1) is 12.4 Å². The Balaban J connectivity index is 0.00000210. The van der Waals surface area contributed by atoms with Gasteiger partial charge in [0, 0.05) is 25.3 Å². The third kappa shape index (κ3) is 3.84. The second-order valence-corrected chi connectivity index (χ2v) is 7.96. The third-order valence-electron chi connectivity index (χ3n) is 5.70. The molecule has 6 nitrogen and oxygen atoms in total. The molecule has 0 saturated carbocycles. The molecule has 0 aliphatic carbocycles. The standard InChI is InChI=1S/C19H24ClN5O.ClH/c1-13-11-14(2)25(23-13)16-4-3-15(20)17(22-16)18(26)24-9-6-19(7-10-24)5-8-21-12-19;/h3-4,11,21H,5-10,12H2,1-2H3;1H. The summed E-state index contributed by atoms with van der Waals surface area (Å²) >= 11 is 6.31. The number of hydrogen-bond acceptors (Lipinski definition) is 4. The summed E-state index contributed by atoms with van der Waals surface area (Å²) in [4.78, 5) is 19.5. The van der Waals surface area contributed by atoms with Crippen LogP contribution >= 0.6 is 24.0 Å². The number of aromatic nitrogens is 3. The Kier molecular flexibility index (Phi) is 5.79. The van der Waals surface area contributed by atoms with Gasteiger partial charge in [-0.2, -0.15) is 5.10 Å². The second kappa shape index (κ2) is 7.78. The number of carbonyl (C=O) groups excluding carboxylic acids is 1. The SMILES string of the molecule is Cc1cc(C)n(-c2ccc(Cl)c(C(=O)N3CCC4(CCNC4)CC3)n2)n1.Cl. The minimum Gasteiger partial charge on any atom is -0.337 e. The van der Waals surface area contributed by atoms with Crippen molar-refractivity contribution < 1.29 is 4.79 Å². The van der Waals surface area contributed by atoms with Crippen LogP contribution in [0.25, 0.3) is 5.82 Å². The van der Waals surface area contributed by atoms with Crippen LogP contribution in [0.2, 0.25) is 5.02 Å². The summed E-state index contributed by atoms with van der Waals surface area (Å²) in [7, 11) is 0. The molecule has 2 aliphatic rings. The number of nitrogens with one attached hydrogen (secondary N) is 1. The Morgan fingerprint density at radius 2 is 1.96 bits per heavy atom. The van der Waals surface area contributed by atoms with Crippen LogP contribution < -0.4 is 5.32 Å². The van der Waals surface area contributed by atoms with E-state index in [4.69, 9.17) is 11.6 Å². The van der Waals surface area contributed by atoms with Gasteiger partial charge in [-0.05, 0) is 63.3 Å². The molecule has 0 bridgehead atoms. The summed E-state index contributed by atoms with van der Waals surface area (Å²) in [6, 6.07) is 5.52. The number of nitrogens with zero attached hydrogens (tertiary/aromatic N) is 4. The van der Waals surface area contributed by atoms with Crippen molar-refractivity contribution in [3.05, 3.63) is 40.3 Å². The Morgan fingerprint density at radius 3 is 2.56 bits per heavy atom. The van der Waals surface area contributed by atoms with E-state index in [1.54, 1.807) is 16.8 Å². The molecule has 4 heterocycles. The van der Waals surface area contributed by atoms with Gasteiger partial charge in [0.25, 0.3) is 5.91 Å². The van der Waals surface area contributed by atoms with Gasteiger partial charge >= 0.3 is 0 Å². The van der Waals surface area contributed by atoms with E-state index in [0.717, 1.165) is 50.4 Å². The average Bonchev–Trinajstić information content (AvgIpc) is 3.22. The molecule has 1 amide bonds. The minimum absolute atomic E-state index is 0. The number of pyridine rings is 1. The largest absolute Gasteiger partial charge is 0.337 e. The van der Waals surface area contributed by atoms with Crippen LogP contribution in [0.15, 0.2) is 18.2 Å². The molecule has 146 valence electrons. The first-order valence-electron chi connectivity index (χ1n) is 9.18. The zero-order valence-corrected chi connectivity index (χ0v) is 17.2. The number of likely N-dealkylation sites (tertiary alicyclic amines) is 1. The van der Waals surface area contributed by atoms with E-state index in [1.807, 2.05) is 24.8 Å². The molecular weight excluding hydrogens is 385 g/mol. The van der Waals surface area contributed by atoms with E-state index in [9.17, 15) is 4.79 Å². The van der Waals surface area contributed by atoms with E-state index in [-0.39, 0.29) is 18.3 Å². The molecule has 0 atom stereocenters. The maximum atomic E-state index is 13.0. The van der Waals surface area contributed by atoms with Gasteiger partial charge < -0.3 is 10.2 Å². The molecule has 2 aromatic heterocycles. The molecule has 8 heteroatoms. The summed E-state index contributed by atoms with van der Waals surface area (Å²) in [6.07, 6.45) is 3.29. The Labute approximate surface area is 170 Å². The Morgan fingerprint density at radius 1 is 1.22 bits per heavy atom. The van der Waals surface area contributed by atoms with Gasteiger partial charge in [-0.1, -0.05) is 11.6 Å². The highest BCUT2D eigenvalue weighted by Gasteiger charge is 2.38. The van der Waals surface area contributed by atoms with Crippen LogP contribution in [0.4, 0.5) is 0 Å². The summed E-state index contributed by atoms with van der Waals surface area (Å²) in [5, 5.41) is 8.30. The second-order valence-electron chi connectivity index (χ2n) is 7.56. The molecule has 0 unspecified atom stereocenters. The lowest BCUT2D eigenvalue weighted by Gasteiger charge is -2.38. The lowest BCUT2D eigenvalue weighted by Crippen LogP contribution is -2.44. The van der Waals surface area contributed by atoms with Crippen LogP contribution in [0.5, 0.6) is 0 Å². The van der Waals surface area contributed by atoms with Crippen molar-refractivity contribution in [1.29, 1.82) is 0 Å². The van der Waals surface area contributed by atoms with E-state index in [1.165, 1.54) is 6.42 Å². The molecule has 1 spiro atoms. The van der Waals surface area contributed by atoms with Crippen LogP contribution in [0.3, 0.4) is 0 Å². The number of hydrogen-bond donors (Lipinski definition) is 1. The molecule has 2 aromatic rings. The molecule has 2 saturated heterocycles. The van der Waals surface area contributed by atoms with Crippen molar-refractivity contribution in [1.82, 2.24) is 25.0 Å². The number of rotatable bonds is 2. The van der Waals surface area contributed by atoms with Gasteiger partial charge in [0.2, 0.25) is 0 Å². The van der Waals surface area contributed by atoms with Crippen LogP contribution in [0.1, 0.15) is 41.1 Å². The number of piperidine rings is 1. The molecule has 27 heavy (non-hydrogen) atoms. The monoisotopic (exact) mass is 409 g/mol. The van der Waals surface area contributed by atoms with E-state index in [2.05, 4.69) is 15.4 Å². The molecule has 2 aliphatic heterocycles. The summed E-state index contributed by atoms with van der Waals surface area (Å²) < 4.78 is 1.75. The van der Waals surface area contributed by atoms with Gasteiger partial charge in [0.15, 0.2) is 5.82 Å². The highest BCUT2D eigenvalue weighted by atomic mass is 35.5. The molecule has 2 fully saturated rings. The molecule has 0 aromatic carbocycles. The topological polar surface area (TPSA) is 63.1 Å². The summed E-state index contributed by atoms with van der Waals surface area (Å²) in [5.74, 6) is 0.538. The van der Waals surface area contributed by atoms with Gasteiger partial charge in [0.05, 0.1) is 10.7 Å². The van der Waals surface area contributed by atoms with Crippen molar-refractivity contribution in [3.63, 3.8) is 0 Å². The fourth-order valence-electron chi connectivity index (χ4n) is 4.12. The summed E-state index contributed by atoms with van der Waals surface area (Å²) in [5.41, 5.74) is 2.58. The fourth-order valence-corrected chi connectivity index (χ4v) is 4.30. The van der Waals surface area contributed by atoms with Crippen molar-refractivity contribution in [2.45, 2.75) is 33.1 Å². The van der Waals surface area contributed by atoms with Crippen molar-refractivity contribution in [3.8, 4) is 5.82 Å². The number of aryl methyl sites for hydroxylation is 2. The maximum Gasteiger partial charge on any atom is 0.274 e. The first-order chi connectivity index (χ1) is 12.5. The predicted octanol–water partition coefficient (Wildman–Crippen LogP) is 3.18. The number of amides is 1. The van der Waals surface area contributed by atoms with Crippen LogP contribution in [-0.4, -0.2) is 51.8 Å². The van der Waals surface area contributed by atoms with E-state index >= 15 is 0 Å².